The molecule has 138 valence electrons. The predicted octanol–water partition coefficient (Wildman–Crippen LogP) is 8.36. The van der Waals surface area contributed by atoms with Gasteiger partial charge in [-0.25, -0.2) is 0 Å². The Bertz CT molecular complexity index is 501. The van der Waals surface area contributed by atoms with Gasteiger partial charge in [-0.3, -0.25) is 0 Å². The van der Waals surface area contributed by atoms with E-state index in [1.54, 1.807) is 0 Å². The van der Waals surface area contributed by atoms with Gasteiger partial charge in [0.2, 0.25) is 0 Å². The minimum absolute atomic E-state index is 0.0907. The molecule has 3 nitrogen and oxygen atoms in total. The zero-order chi connectivity index (χ0) is 19.0. The summed E-state index contributed by atoms with van der Waals surface area (Å²) >= 11 is 9.71. The Morgan fingerprint density at radius 1 is 0.917 bits per heavy atom. The van der Waals surface area contributed by atoms with Crippen LogP contribution in [0.1, 0.15) is 41.5 Å². The molecule has 0 aliphatic rings. The summed E-state index contributed by atoms with van der Waals surface area (Å²) in [6.45, 7) is 14.4. The Balaban J connectivity index is 0.000000441. The maximum atomic E-state index is 5.59. The van der Waals surface area contributed by atoms with Crippen LogP contribution in [0.25, 0.3) is 10.6 Å². The number of rotatable bonds is 4. The van der Waals surface area contributed by atoms with E-state index in [1.165, 1.54) is 0 Å². The first-order valence-electron chi connectivity index (χ1n) is 7.39. The van der Waals surface area contributed by atoms with E-state index in [0.29, 0.717) is 0 Å². The van der Waals surface area contributed by atoms with Crippen LogP contribution >= 0.6 is 57.6 Å². The van der Waals surface area contributed by atoms with Gasteiger partial charge in [0.25, 0.3) is 0 Å². The predicted molar refractivity (Wildman–Crippen MR) is 113 cm³/mol. The van der Waals surface area contributed by atoms with E-state index >= 15 is 0 Å². The van der Waals surface area contributed by atoms with E-state index in [1.807, 2.05) is 12.1 Å². The van der Waals surface area contributed by atoms with E-state index in [2.05, 4.69) is 104 Å². The second-order valence-corrected chi connectivity index (χ2v) is 10.8. The number of benzene rings is 1. The molecule has 0 amide bonds. The summed E-state index contributed by atoms with van der Waals surface area (Å²) < 4.78 is 7.09. The van der Waals surface area contributed by atoms with Gasteiger partial charge in [0, 0.05) is 0 Å². The van der Waals surface area contributed by atoms with Gasteiger partial charge in [0.15, 0.2) is 0 Å². The fourth-order valence-electron chi connectivity index (χ4n) is 1.44. The van der Waals surface area contributed by atoms with E-state index in [0.717, 1.165) is 32.2 Å². The first-order valence-corrected chi connectivity index (χ1v) is 12.3. The molecule has 0 aliphatic carbocycles. The van der Waals surface area contributed by atoms with Gasteiger partial charge in [-0.15, -0.1) is 11.1 Å². The first kappa shape index (κ1) is 25.3. The van der Waals surface area contributed by atoms with Gasteiger partial charge < -0.3 is 10.6 Å². The molecule has 1 aromatic rings. The summed E-state index contributed by atoms with van der Waals surface area (Å²) in [5, 5.41) is 8.93. The fourth-order valence-corrected chi connectivity index (χ4v) is 5.08. The summed E-state index contributed by atoms with van der Waals surface area (Å²) in [5.74, 6) is 0. The molecule has 0 bridgehead atoms. The zero-order valence-electron chi connectivity index (χ0n) is 14.9. The Kier molecular flexibility index (Phi) is 12.5. The van der Waals surface area contributed by atoms with Gasteiger partial charge in [-0.2, -0.15) is 13.1 Å². The van der Waals surface area contributed by atoms with E-state index in [-0.39, 0.29) is 11.1 Å². The van der Waals surface area contributed by atoms with E-state index in [4.69, 9.17) is 9.85 Å². The van der Waals surface area contributed by atoms with Crippen molar-refractivity contribution in [3.8, 4) is 0 Å². The van der Waals surface area contributed by atoms with Crippen molar-refractivity contribution in [1.82, 2.24) is 0 Å². The molecule has 0 radical (unpaired) electrons. The molecular weight excluding hydrogens is 560 g/mol. The van der Waals surface area contributed by atoms with Crippen molar-refractivity contribution in [2.24, 2.45) is 3.79 Å². The molecule has 1 rings (SSSR count). The number of hydrogen-bond donors (Lipinski definition) is 0. The summed E-state index contributed by atoms with van der Waals surface area (Å²) in [6.07, 6.45) is 0. The molecule has 0 N–H and O–H groups in total. The normalized spacial score (nSPS) is 12.2. The molecule has 0 saturated carbocycles. The van der Waals surface area contributed by atoms with Gasteiger partial charge in [0.05, 0.1) is 0 Å². The molecule has 0 heterocycles. The molecule has 8 heteroatoms. The first-order chi connectivity index (χ1) is 10.9. The molecule has 0 aliphatic heterocycles. The van der Waals surface area contributed by atoms with Crippen LogP contribution in [0.15, 0.2) is 29.3 Å². The van der Waals surface area contributed by atoms with Crippen LogP contribution in [0.2, 0.25) is 0 Å². The van der Waals surface area contributed by atoms with Crippen molar-refractivity contribution in [2.45, 2.75) is 52.6 Å². The van der Waals surface area contributed by atoms with Crippen LogP contribution in [0.4, 0.5) is 5.69 Å². The van der Waals surface area contributed by atoms with Crippen molar-refractivity contribution in [3.63, 3.8) is 0 Å². The van der Waals surface area contributed by atoms with Gasteiger partial charge >= 0.3 is 108 Å². The molecule has 0 unspecified atom stereocenters. The third kappa shape index (κ3) is 13.5. The van der Waals surface area contributed by atoms with E-state index < -0.39 is 15.1 Å². The summed E-state index contributed by atoms with van der Waals surface area (Å²) in [7, 11) is 5.59. The van der Waals surface area contributed by atoms with E-state index in [9.17, 15) is 0 Å². The molecule has 24 heavy (non-hydrogen) atoms. The van der Waals surface area contributed by atoms with Crippen LogP contribution in [0, 0.1) is 0 Å². The number of hydrogen-bond acceptors (Lipinski definition) is 1. The summed E-state index contributed by atoms with van der Waals surface area (Å²) in [5.41, 5.74) is 1.06. The van der Waals surface area contributed by atoms with Crippen LogP contribution in [0.5, 0.6) is 0 Å². The summed E-state index contributed by atoms with van der Waals surface area (Å²) in [6, 6.07) is 3.88. The summed E-state index contributed by atoms with van der Waals surface area (Å²) in [4.78, 5) is 0. The average Bonchev–Trinajstić information content (AvgIpc) is 2.38. The Morgan fingerprint density at radius 2 is 1.29 bits per heavy atom. The van der Waals surface area contributed by atoms with Crippen molar-refractivity contribution in [3.05, 3.63) is 36.2 Å². The molecule has 0 fully saturated rings. The van der Waals surface area contributed by atoms with Crippen LogP contribution in [-0.2, 0) is 15.1 Å². The second-order valence-electron chi connectivity index (χ2n) is 7.00. The monoisotopic (exact) mass is 581 g/mol. The van der Waals surface area contributed by atoms with Gasteiger partial charge in [-0.05, 0) is 0 Å². The molecule has 0 saturated heterocycles. The Hall–Kier alpha value is 1.25. The number of nitrogens with zero attached hydrogens (tertiary/aromatic N) is 3. The standard InChI is InChI=1S/C10H22N2.C6H2Br3N.ClH.V/c1-9(2,3)11-7-8-12-10(4,5)6;7-3-1-4(8)6(10)5(9)2-3;;/h7-8H2,1-6H3;1-2H;1H;/q-2;;;+1/p-1. The van der Waals surface area contributed by atoms with Crippen LogP contribution in [-0.4, -0.2) is 24.2 Å². The Labute approximate surface area is 182 Å². The topological polar surface area (TPSA) is 40.6 Å². The van der Waals surface area contributed by atoms with Crippen LogP contribution < -0.4 is 0 Å². The van der Waals surface area contributed by atoms with Crippen molar-refractivity contribution < 1.29 is 15.1 Å². The third-order valence-corrected chi connectivity index (χ3v) is 4.80. The minimum atomic E-state index is -0.466. The van der Waals surface area contributed by atoms with Crippen molar-refractivity contribution in [1.29, 1.82) is 0 Å². The SMILES string of the molecule is CC(C)(C)[N-]CC[N-]C(C)(C)C.[Cl][V]=[N]c1c(Br)cc(Br)cc1Br. The van der Waals surface area contributed by atoms with Crippen LogP contribution in [0.3, 0.4) is 0 Å². The van der Waals surface area contributed by atoms with Crippen molar-refractivity contribution >= 4 is 63.3 Å². The van der Waals surface area contributed by atoms with Gasteiger partial charge in [0.1, 0.15) is 0 Å². The third-order valence-electron chi connectivity index (χ3n) is 2.39. The Morgan fingerprint density at radius 3 is 1.58 bits per heavy atom. The van der Waals surface area contributed by atoms with Gasteiger partial charge in [-0.1, -0.05) is 41.5 Å². The molecule has 0 aromatic heterocycles. The molecule has 0 spiro atoms. The fraction of sp³-hybridized carbons (Fsp3) is 0.625. The average molecular weight is 584 g/mol. The van der Waals surface area contributed by atoms with Crippen molar-refractivity contribution in [2.75, 3.05) is 13.1 Å². The number of halogens is 4. The molecule has 0 atom stereocenters. The second kappa shape index (κ2) is 11.9. The molecular formula is C16H24Br3ClN3V-2. The quantitative estimate of drug-likeness (QED) is 0.319. The maximum absolute atomic E-state index is 5.59. The molecule has 1 aromatic carbocycles. The zero-order valence-corrected chi connectivity index (χ0v) is 21.8.